The number of likely N-dealkylation sites (N-methyl/N-ethyl adjacent to an activating group) is 1. The topological polar surface area (TPSA) is 112 Å². The molecule has 5 rings (SSSR count). The zero-order chi connectivity index (χ0) is 29.3. The average molecular weight is 565 g/mol. The van der Waals surface area contributed by atoms with Crippen LogP contribution < -0.4 is 16.4 Å². The summed E-state index contributed by atoms with van der Waals surface area (Å²) in [7, 11) is 2.16. The van der Waals surface area contributed by atoms with Crippen molar-refractivity contribution in [1.29, 1.82) is 0 Å². The van der Waals surface area contributed by atoms with Crippen molar-refractivity contribution in [2.24, 2.45) is 5.73 Å². The number of nitrogens with one attached hydrogen (secondary N) is 2. The van der Waals surface area contributed by atoms with Gasteiger partial charge >= 0.3 is 0 Å². The first kappa shape index (κ1) is 29.3. The van der Waals surface area contributed by atoms with E-state index in [2.05, 4.69) is 37.4 Å². The predicted molar refractivity (Wildman–Crippen MR) is 169 cm³/mol. The summed E-state index contributed by atoms with van der Waals surface area (Å²) in [5.74, 6) is 0.333. The minimum atomic E-state index is -0.145. The summed E-state index contributed by atoms with van der Waals surface area (Å²) in [4.78, 5) is 31.4. The van der Waals surface area contributed by atoms with Gasteiger partial charge in [-0.25, -0.2) is 9.97 Å². The molecule has 4 aromatic rings. The molecule has 0 radical (unpaired) electrons. The summed E-state index contributed by atoms with van der Waals surface area (Å²) in [6.07, 6.45) is 8.32. The quantitative estimate of drug-likeness (QED) is 0.221. The number of carbonyl (C=O) groups is 1. The molecule has 1 aliphatic heterocycles. The Bertz CT molecular complexity index is 1480. The van der Waals surface area contributed by atoms with E-state index in [1.807, 2.05) is 73.9 Å². The van der Waals surface area contributed by atoms with E-state index in [4.69, 9.17) is 10.7 Å². The number of carbonyl (C=O) groups excluding carboxylic acids is 1. The van der Waals surface area contributed by atoms with E-state index in [1.54, 1.807) is 6.20 Å². The van der Waals surface area contributed by atoms with Crippen LogP contribution in [0.25, 0.3) is 11.3 Å². The molecule has 2 aromatic carbocycles. The zero-order valence-electron chi connectivity index (χ0n) is 24.5. The molecule has 0 spiro atoms. The zero-order valence-corrected chi connectivity index (χ0v) is 24.5. The van der Waals surface area contributed by atoms with Gasteiger partial charge < -0.3 is 21.3 Å². The summed E-state index contributed by atoms with van der Waals surface area (Å²) >= 11 is 0. The highest BCUT2D eigenvalue weighted by Gasteiger charge is 2.15. The number of pyridine rings is 1. The van der Waals surface area contributed by atoms with Gasteiger partial charge in [-0.15, -0.1) is 0 Å². The fourth-order valence-electron chi connectivity index (χ4n) is 5.08. The molecule has 0 unspecified atom stereocenters. The highest BCUT2D eigenvalue weighted by Crippen LogP contribution is 2.26. The van der Waals surface area contributed by atoms with E-state index >= 15 is 0 Å². The molecule has 1 aliphatic rings. The Morgan fingerprint density at radius 1 is 0.976 bits per heavy atom. The van der Waals surface area contributed by atoms with Crippen molar-refractivity contribution < 1.29 is 4.79 Å². The van der Waals surface area contributed by atoms with E-state index in [0.717, 1.165) is 74.5 Å². The fraction of sp³-hybridized carbons (Fsp3) is 0.333. The second-order valence-electron chi connectivity index (χ2n) is 10.9. The summed E-state index contributed by atoms with van der Waals surface area (Å²) in [5, 5.41) is 6.37. The monoisotopic (exact) mass is 564 g/mol. The number of hydrogen-bond acceptors (Lipinski definition) is 8. The standard InChI is InChI=1S/C33H40N8O/c1-24-6-11-28(37-32(42)27-9-7-25(8-10-27)23-41-19-17-40(2)18-20-41)21-31(24)39-33-36-16-13-30(38-33)29-22-35-15-12-26(29)5-3-4-14-34/h6-13,15-16,21-22H,3-5,14,17-20,23,34H2,1-2H3,(H,37,42)(H,36,38,39). The van der Waals surface area contributed by atoms with Gasteiger partial charge in [-0.05, 0) is 92.9 Å². The smallest absolute Gasteiger partial charge is 0.255 e. The third-order valence-electron chi connectivity index (χ3n) is 7.70. The van der Waals surface area contributed by atoms with Gasteiger partial charge in [0.15, 0.2) is 0 Å². The van der Waals surface area contributed by atoms with Crippen LogP contribution in [0, 0.1) is 6.92 Å². The van der Waals surface area contributed by atoms with Crippen LogP contribution in [0.5, 0.6) is 0 Å². The highest BCUT2D eigenvalue weighted by atomic mass is 16.1. The first-order valence-electron chi connectivity index (χ1n) is 14.6. The largest absolute Gasteiger partial charge is 0.330 e. The molecule has 2 aromatic heterocycles. The number of aromatic nitrogens is 3. The van der Waals surface area contributed by atoms with Crippen molar-refractivity contribution in [2.45, 2.75) is 32.7 Å². The molecule has 218 valence electrons. The van der Waals surface area contributed by atoms with Gasteiger partial charge in [-0.3, -0.25) is 14.7 Å². The molecular formula is C33H40N8O. The predicted octanol–water partition coefficient (Wildman–Crippen LogP) is 4.87. The second kappa shape index (κ2) is 14.1. The summed E-state index contributed by atoms with van der Waals surface area (Å²) < 4.78 is 0. The molecule has 9 nitrogen and oxygen atoms in total. The summed E-state index contributed by atoms with van der Waals surface area (Å²) in [6, 6.07) is 17.6. The van der Waals surface area contributed by atoms with Crippen molar-refractivity contribution in [2.75, 3.05) is 50.4 Å². The van der Waals surface area contributed by atoms with E-state index in [-0.39, 0.29) is 5.91 Å². The third-order valence-corrected chi connectivity index (χ3v) is 7.70. The Morgan fingerprint density at radius 2 is 1.79 bits per heavy atom. The van der Waals surface area contributed by atoms with Crippen LogP contribution >= 0.6 is 0 Å². The lowest BCUT2D eigenvalue weighted by molar-refractivity contribution is 0.102. The lowest BCUT2D eigenvalue weighted by Gasteiger charge is -2.32. The van der Waals surface area contributed by atoms with Gasteiger partial charge in [0.25, 0.3) is 5.91 Å². The SMILES string of the molecule is Cc1ccc(NC(=O)c2ccc(CN3CCN(C)CC3)cc2)cc1Nc1nccc(-c2cnccc2CCCCN)n1. The molecule has 3 heterocycles. The Morgan fingerprint density at radius 3 is 2.57 bits per heavy atom. The lowest BCUT2D eigenvalue weighted by Crippen LogP contribution is -2.43. The van der Waals surface area contributed by atoms with Crippen molar-refractivity contribution in [3.05, 3.63) is 95.4 Å². The van der Waals surface area contributed by atoms with Crippen LogP contribution in [-0.4, -0.2) is 70.4 Å². The number of hydrogen-bond donors (Lipinski definition) is 3. The van der Waals surface area contributed by atoms with Crippen LogP contribution in [0.1, 0.15) is 39.9 Å². The first-order chi connectivity index (χ1) is 20.5. The molecule has 0 aliphatic carbocycles. The fourth-order valence-corrected chi connectivity index (χ4v) is 5.08. The molecular weight excluding hydrogens is 524 g/mol. The molecule has 42 heavy (non-hydrogen) atoms. The number of unbranched alkanes of at least 4 members (excludes halogenated alkanes) is 1. The number of aryl methyl sites for hydroxylation is 2. The van der Waals surface area contributed by atoms with Crippen molar-refractivity contribution in [3.63, 3.8) is 0 Å². The number of nitrogens with two attached hydrogens (primary N) is 1. The van der Waals surface area contributed by atoms with Gasteiger partial charge in [0, 0.05) is 73.8 Å². The first-order valence-corrected chi connectivity index (χ1v) is 14.6. The van der Waals surface area contributed by atoms with Crippen molar-refractivity contribution >= 4 is 23.2 Å². The van der Waals surface area contributed by atoms with Crippen LogP contribution in [0.2, 0.25) is 0 Å². The van der Waals surface area contributed by atoms with Crippen LogP contribution in [0.4, 0.5) is 17.3 Å². The van der Waals surface area contributed by atoms with Crippen LogP contribution in [-0.2, 0) is 13.0 Å². The van der Waals surface area contributed by atoms with Gasteiger partial charge in [-0.2, -0.15) is 0 Å². The number of anilines is 3. The van der Waals surface area contributed by atoms with Crippen LogP contribution in [0.15, 0.2) is 73.2 Å². The van der Waals surface area contributed by atoms with E-state index in [1.165, 1.54) is 11.1 Å². The van der Waals surface area contributed by atoms with Crippen LogP contribution in [0.3, 0.4) is 0 Å². The van der Waals surface area contributed by atoms with E-state index < -0.39 is 0 Å². The number of amides is 1. The Kier molecular flexibility index (Phi) is 9.86. The molecule has 9 heteroatoms. The number of nitrogens with zero attached hydrogens (tertiary/aromatic N) is 5. The van der Waals surface area contributed by atoms with Crippen molar-refractivity contribution in [1.82, 2.24) is 24.8 Å². The summed E-state index contributed by atoms with van der Waals surface area (Å²) in [5.41, 5.74) is 13.0. The minimum Gasteiger partial charge on any atom is -0.330 e. The number of rotatable bonds is 11. The summed E-state index contributed by atoms with van der Waals surface area (Å²) in [6.45, 7) is 7.91. The molecule has 0 bridgehead atoms. The molecule has 0 saturated carbocycles. The number of piperazine rings is 1. The third kappa shape index (κ3) is 7.76. The second-order valence-corrected chi connectivity index (χ2v) is 10.9. The molecule has 0 atom stereocenters. The Hall–Kier alpha value is -4.18. The maximum atomic E-state index is 13.0. The van der Waals surface area contributed by atoms with Gasteiger partial charge in [-0.1, -0.05) is 18.2 Å². The maximum absolute atomic E-state index is 13.0. The normalized spacial score (nSPS) is 14.1. The molecule has 1 amide bonds. The lowest BCUT2D eigenvalue weighted by atomic mass is 10.0. The van der Waals surface area contributed by atoms with Gasteiger partial charge in [0.2, 0.25) is 5.95 Å². The van der Waals surface area contributed by atoms with Crippen molar-refractivity contribution in [3.8, 4) is 11.3 Å². The molecule has 4 N–H and O–H groups in total. The Labute approximate surface area is 248 Å². The molecule has 1 saturated heterocycles. The molecule has 1 fully saturated rings. The maximum Gasteiger partial charge on any atom is 0.255 e. The van der Waals surface area contributed by atoms with Gasteiger partial charge in [0.05, 0.1) is 5.69 Å². The average Bonchev–Trinajstić information content (AvgIpc) is 3.01. The minimum absolute atomic E-state index is 0.145. The number of benzene rings is 2. The van der Waals surface area contributed by atoms with E-state index in [0.29, 0.717) is 23.7 Å². The Balaban J connectivity index is 1.24. The van der Waals surface area contributed by atoms with Gasteiger partial charge in [0.1, 0.15) is 0 Å². The highest BCUT2D eigenvalue weighted by molar-refractivity contribution is 6.04. The van der Waals surface area contributed by atoms with E-state index in [9.17, 15) is 4.79 Å².